The van der Waals surface area contributed by atoms with Crippen LogP contribution in [-0.4, -0.2) is 36.6 Å². The van der Waals surface area contributed by atoms with Gasteiger partial charge in [0, 0.05) is 19.5 Å². The van der Waals surface area contributed by atoms with Crippen molar-refractivity contribution in [3.05, 3.63) is 34.9 Å². The van der Waals surface area contributed by atoms with Crippen LogP contribution in [0.5, 0.6) is 0 Å². The molecule has 1 saturated heterocycles. The van der Waals surface area contributed by atoms with Crippen LogP contribution >= 0.6 is 0 Å². The maximum atomic E-state index is 12.5. The molecule has 1 heterocycles. The van der Waals surface area contributed by atoms with Crippen molar-refractivity contribution in [3.63, 3.8) is 0 Å². The summed E-state index contributed by atoms with van der Waals surface area (Å²) in [5.41, 5.74) is 3.73. The van der Waals surface area contributed by atoms with Crippen LogP contribution in [0.15, 0.2) is 18.2 Å². The zero-order chi connectivity index (χ0) is 16.8. The minimum absolute atomic E-state index is 0.0857. The zero-order valence-corrected chi connectivity index (χ0v) is 14.2. The lowest BCUT2D eigenvalue weighted by Gasteiger charge is -2.25. The Bertz CT molecular complexity index is 571. The van der Waals surface area contributed by atoms with Crippen molar-refractivity contribution in [2.24, 2.45) is 0 Å². The number of hydrogen-bond donors (Lipinski definition) is 1. The summed E-state index contributed by atoms with van der Waals surface area (Å²) in [6.07, 6.45) is 1.86. The Morgan fingerprint density at radius 2 is 2.09 bits per heavy atom. The number of benzene rings is 1. The van der Waals surface area contributed by atoms with Crippen LogP contribution in [0.3, 0.4) is 0 Å². The molecule has 1 fully saturated rings. The molecule has 0 unspecified atom stereocenters. The van der Waals surface area contributed by atoms with Crippen molar-refractivity contribution in [1.29, 1.82) is 0 Å². The van der Waals surface area contributed by atoms with E-state index >= 15 is 0 Å². The van der Waals surface area contributed by atoms with Gasteiger partial charge in [-0.3, -0.25) is 4.79 Å². The van der Waals surface area contributed by atoms with Crippen LogP contribution in [0.4, 0.5) is 4.79 Å². The molecule has 1 aliphatic rings. The molecule has 126 valence electrons. The molecule has 2 rings (SSSR count). The highest BCUT2D eigenvalue weighted by Crippen LogP contribution is 2.33. The van der Waals surface area contributed by atoms with Gasteiger partial charge in [0.05, 0.1) is 12.6 Å². The van der Waals surface area contributed by atoms with E-state index in [2.05, 4.69) is 37.4 Å². The van der Waals surface area contributed by atoms with Gasteiger partial charge in [0.2, 0.25) is 5.91 Å². The summed E-state index contributed by atoms with van der Waals surface area (Å²) >= 11 is 0. The molecule has 1 aromatic carbocycles. The van der Waals surface area contributed by atoms with E-state index < -0.39 is 6.09 Å². The van der Waals surface area contributed by atoms with E-state index in [1.54, 1.807) is 6.92 Å². The van der Waals surface area contributed by atoms with Crippen molar-refractivity contribution in [2.75, 3.05) is 19.7 Å². The number of nitrogens with zero attached hydrogens (tertiary/aromatic N) is 1. The maximum absolute atomic E-state index is 12.5. The first-order valence-corrected chi connectivity index (χ1v) is 8.30. The lowest BCUT2D eigenvalue weighted by molar-refractivity contribution is -0.132. The monoisotopic (exact) mass is 318 g/mol. The highest BCUT2D eigenvalue weighted by atomic mass is 16.5. The Morgan fingerprint density at radius 3 is 2.78 bits per heavy atom. The van der Waals surface area contributed by atoms with Crippen LogP contribution in [-0.2, 0) is 9.53 Å². The number of hydrogen-bond acceptors (Lipinski definition) is 3. The highest BCUT2D eigenvalue weighted by Gasteiger charge is 2.29. The van der Waals surface area contributed by atoms with Crippen LogP contribution in [0.1, 0.15) is 48.9 Å². The molecule has 5 heteroatoms. The second-order valence-electron chi connectivity index (χ2n) is 5.99. The first kappa shape index (κ1) is 17.3. The van der Waals surface area contributed by atoms with Gasteiger partial charge >= 0.3 is 6.09 Å². The van der Waals surface area contributed by atoms with Gasteiger partial charge in [-0.05, 0) is 50.3 Å². The second-order valence-corrected chi connectivity index (χ2v) is 5.99. The Kier molecular flexibility index (Phi) is 6.02. The van der Waals surface area contributed by atoms with Crippen LogP contribution in [0, 0.1) is 13.8 Å². The molecular formula is C18H26N2O3. The predicted molar refractivity (Wildman–Crippen MR) is 89.2 cm³/mol. The van der Waals surface area contributed by atoms with Gasteiger partial charge < -0.3 is 15.0 Å². The molecule has 1 N–H and O–H groups in total. The molecule has 23 heavy (non-hydrogen) atoms. The summed E-state index contributed by atoms with van der Waals surface area (Å²) in [7, 11) is 0. The first-order valence-electron chi connectivity index (χ1n) is 8.30. The molecule has 2 amide bonds. The average Bonchev–Trinajstić information content (AvgIpc) is 3.00. The molecule has 1 aliphatic heterocycles. The summed E-state index contributed by atoms with van der Waals surface area (Å²) in [5.74, 6) is 0.0857. The van der Waals surface area contributed by atoms with Crippen molar-refractivity contribution in [2.45, 2.75) is 46.1 Å². The minimum Gasteiger partial charge on any atom is -0.450 e. The number of carbonyl (C=O) groups is 2. The lowest BCUT2D eigenvalue weighted by atomic mass is 9.99. The van der Waals surface area contributed by atoms with Gasteiger partial charge in [-0.25, -0.2) is 4.79 Å². The summed E-state index contributed by atoms with van der Waals surface area (Å²) < 4.78 is 4.79. The normalized spacial score (nSPS) is 17.2. The molecule has 0 aromatic heterocycles. The standard InChI is InChI=1S/C18H26N2O3/c1-4-23-18(22)19-10-9-17(21)20-11-5-6-16(20)15-8-7-13(2)14(3)12-15/h7-8,12,16H,4-6,9-11H2,1-3H3,(H,19,22)/t16-/m1/s1. The van der Waals surface area contributed by atoms with Gasteiger partial charge in [-0.1, -0.05) is 18.2 Å². The van der Waals surface area contributed by atoms with Gasteiger partial charge in [0.15, 0.2) is 0 Å². The van der Waals surface area contributed by atoms with Crippen LogP contribution < -0.4 is 5.32 Å². The number of nitrogens with one attached hydrogen (secondary N) is 1. The maximum Gasteiger partial charge on any atom is 0.407 e. The fraction of sp³-hybridized carbons (Fsp3) is 0.556. The lowest BCUT2D eigenvalue weighted by Crippen LogP contribution is -2.34. The quantitative estimate of drug-likeness (QED) is 0.907. The van der Waals surface area contributed by atoms with Crippen molar-refractivity contribution in [1.82, 2.24) is 10.2 Å². The third-order valence-corrected chi connectivity index (χ3v) is 4.37. The number of carbonyl (C=O) groups excluding carboxylic acids is 2. The Balaban J connectivity index is 1.94. The Morgan fingerprint density at radius 1 is 1.30 bits per heavy atom. The molecule has 1 aromatic rings. The van der Waals surface area contributed by atoms with E-state index in [4.69, 9.17) is 4.74 Å². The Hall–Kier alpha value is -2.04. The molecule has 0 saturated carbocycles. The number of amides is 2. The largest absolute Gasteiger partial charge is 0.450 e. The van der Waals surface area contributed by atoms with Crippen molar-refractivity contribution < 1.29 is 14.3 Å². The summed E-state index contributed by atoms with van der Waals surface area (Å²) in [6, 6.07) is 6.58. The SMILES string of the molecule is CCOC(=O)NCCC(=O)N1CCC[C@@H]1c1ccc(C)c(C)c1. The number of aryl methyl sites for hydroxylation is 2. The summed E-state index contributed by atoms with van der Waals surface area (Å²) in [5, 5.41) is 2.60. The number of likely N-dealkylation sites (tertiary alicyclic amines) is 1. The third-order valence-electron chi connectivity index (χ3n) is 4.37. The van der Waals surface area contributed by atoms with E-state index in [0.29, 0.717) is 19.6 Å². The van der Waals surface area contributed by atoms with E-state index in [-0.39, 0.29) is 11.9 Å². The molecular weight excluding hydrogens is 292 g/mol. The fourth-order valence-corrected chi connectivity index (χ4v) is 2.98. The van der Waals surface area contributed by atoms with E-state index in [0.717, 1.165) is 19.4 Å². The first-order chi connectivity index (χ1) is 11.0. The molecule has 0 bridgehead atoms. The highest BCUT2D eigenvalue weighted by molar-refractivity contribution is 5.78. The minimum atomic E-state index is -0.465. The summed E-state index contributed by atoms with van der Waals surface area (Å²) in [6.45, 7) is 7.38. The average molecular weight is 318 g/mol. The molecule has 0 radical (unpaired) electrons. The van der Waals surface area contributed by atoms with Gasteiger partial charge in [-0.15, -0.1) is 0 Å². The molecule has 0 spiro atoms. The smallest absolute Gasteiger partial charge is 0.407 e. The predicted octanol–water partition coefficient (Wildman–Crippen LogP) is 3.10. The molecule has 0 aliphatic carbocycles. The summed E-state index contributed by atoms with van der Waals surface area (Å²) in [4.78, 5) is 25.6. The van der Waals surface area contributed by atoms with E-state index in [1.807, 2.05) is 4.90 Å². The van der Waals surface area contributed by atoms with E-state index in [9.17, 15) is 9.59 Å². The van der Waals surface area contributed by atoms with Gasteiger partial charge in [0.1, 0.15) is 0 Å². The zero-order valence-electron chi connectivity index (χ0n) is 14.2. The molecule has 5 nitrogen and oxygen atoms in total. The van der Waals surface area contributed by atoms with Gasteiger partial charge in [0.25, 0.3) is 0 Å². The second kappa shape index (κ2) is 7.99. The third kappa shape index (κ3) is 4.47. The van der Waals surface area contributed by atoms with E-state index in [1.165, 1.54) is 16.7 Å². The number of alkyl carbamates (subject to hydrolysis) is 1. The number of rotatable bonds is 5. The van der Waals surface area contributed by atoms with Crippen LogP contribution in [0.2, 0.25) is 0 Å². The van der Waals surface area contributed by atoms with Gasteiger partial charge in [-0.2, -0.15) is 0 Å². The molecule has 1 atom stereocenters. The van der Waals surface area contributed by atoms with Crippen LogP contribution in [0.25, 0.3) is 0 Å². The van der Waals surface area contributed by atoms with Crippen molar-refractivity contribution >= 4 is 12.0 Å². The van der Waals surface area contributed by atoms with Crippen molar-refractivity contribution in [3.8, 4) is 0 Å². The Labute approximate surface area is 138 Å². The topological polar surface area (TPSA) is 58.6 Å². The fourth-order valence-electron chi connectivity index (χ4n) is 2.98. The number of ether oxygens (including phenoxy) is 1.